The van der Waals surface area contributed by atoms with E-state index in [2.05, 4.69) is 228 Å². The van der Waals surface area contributed by atoms with Crippen LogP contribution in [0.5, 0.6) is 0 Å². The topological polar surface area (TPSA) is 17.8 Å². The fourth-order valence-electron chi connectivity index (χ4n) is 15.0. The zero-order valence-corrected chi connectivity index (χ0v) is 43.6. The lowest BCUT2D eigenvalue weighted by Crippen LogP contribution is -2.24. The number of allylic oxidation sites excluding steroid dienone is 13. The Morgan fingerprint density at radius 3 is 2.03 bits per heavy atom. The van der Waals surface area contributed by atoms with E-state index in [0.717, 1.165) is 49.9 Å². The van der Waals surface area contributed by atoms with Gasteiger partial charge in [-0.15, -0.1) is 0 Å². The minimum Gasteiger partial charge on any atom is -0.296 e. The summed E-state index contributed by atoms with van der Waals surface area (Å²) in [5, 5.41) is 5.27. The van der Waals surface area contributed by atoms with Crippen molar-refractivity contribution in [2.75, 3.05) is 0 Å². The van der Waals surface area contributed by atoms with Gasteiger partial charge in [0.25, 0.3) is 0 Å². The van der Waals surface area contributed by atoms with Crippen molar-refractivity contribution < 1.29 is 0 Å². The summed E-state index contributed by atoms with van der Waals surface area (Å²) in [6.07, 6.45) is 31.8. The lowest BCUT2D eigenvalue weighted by Gasteiger charge is -2.29. The maximum atomic E-state index is 5.34. The van der Waals surface area contributed by atoms with Crippen LogP contribution in [0.3, 0.4) is 0 Å². The minimum atomic E-state index is -0.122. The summed E-state index contributed by atoms with van der Waals surface area (Å²) in [6.45, 7) is 14.7. The molecule has 2 nitrogen and oxygen atoms in total. The van der Waals surface area contributed by atoms with Crippen molar-refractivity contribution in [2.45, 2.75) is 102 Å². The Bertz CT molecular complexity index is 4030. The van der Waals surface area contributed by atoms with Gasteiger partial charge in [-0.05, 0) is 197 Å². The second kappa shape index (κ2) is 15.7. The normalized spacial score (nSPS) is 20.6. The molecule has 7 aromatic carbocycles. The molecule has 2 heteroatoms. The number of aromatic nitrogens is 2. The smallest absolute Gasteiger partial charge is 0.145 e. The molecule has 0 amide bonds. The SMILES string of the molecule is CC1(C)C2=C(CCC=C2)c2cc3c(-c4ccc5c(c4)C(C)(C)c4ccccc4-5)c4ccc(-c5ccc(-c6nc7c(n6C6=CC=CCC6)C=CCC7)cc5)cc4c(-c4ccc5c(c4)C(C)(C)C4C=CC=CC54)c3cc21. The van der Waals surface area contributed by atoms with Gasteiger partial charge in [-0.2, -0.15) is 0 Å². The molecule has 7 aliphatic carbocycles. The molecule has 0 saturated heterocycles. The number of benzene rings is 7. The number of imidazole rings is 1. The van der Waals surface area contributed by atoms with E-state index in [0.29, 0.717) is 11.8 Å². The van der Waals surface area contributed by atoms with Gasteiger partial charge in [-0.25, -0.2) is 4.98 Å². The van der Waals surface area contributed by atoms with Crippen molar-refractivity contribution in [3.63, 3.8) is 0 Å². The third-order valence-corrected chi connectivity index (χ3v) is 18.9. The fourth-order valence-corrected chi connectivity index (χ4v) is 15.0. The van der Waals surface area contributed by atoms with Gasteiger partial charge in [0, 0.05) is 28.0 Å². The Morgan fingerprint density at radius 2 is 1.18 bits per heavy atom. The molecule has 7 aliphatic rings. The van der Waals surface area contributed by atoms with E-state index in [4.69, 9.17) is 4.98 Å². The van der Waals surface area contributed by atoms with Gasteiger partial charge in [0.1, 0.15) is 5.82 Å². The zero-order valence-electron chi connectivity index (χ0n) is 43.6. The number of nitrogens with zero attached hydrogens (tertiary/aromatic N) is 2. The van der Waals surface area contributed by atoms with E-state index in [9.17, 15) is 0 Å². The predicted molar refractivity (Wildman–Crippen MR) is 312 cm³/mol. The summed E-state index contributed by atoms with van der Waals surface area (Å²) in [4.78, 5) is 5.34. The van der Waals surface area contributed by atoms with Crippen molar-refractivity contribution in [2.24, 2.45) is 5.92 Å². The lowest BCUT2D eigenvalue weighted by atomic mass is 9.74. The van der Waals surface area contributed by atoms with Crippen molar-refractivity contribution in [1.82, 2.24) is 9.55 Å². The maximum absolute atomic E-state index is 5.34. The Balaban J connectivity index is 0.989. The molecule has 15 rings (SSSR count). The molecule has 0 N–H and O–H groups in total. The highest BCUT2D eigenvalue weighted by atomic mass is 15.1. The summed E-state index contributed by atoms with van der Waals surface area (Å²) >= 11 is 0. The Kier molecular flexibility index (Phi) is 9.35. The van der Waals surface area contributed by atoms with Crippen LogP contribution in [0.4, 0.5) is 0 Å². The average molecular weight is 955 g/mol. The van der Waals surface area contributed by atoms with E-state index < -0.39 is 0 Å². The van der Waals surface area contributed by atoms with E-state index in [1.54, 1.807) is 0 Å². The van der Waals surface area contributed by atoms with Crippen molar-refractivity contribution in [3.8, 4) is 55.9 Å². The molecule has 0 radical (unpaired) electrons. The van der Waals surface area contributed by atoms with Gasteiger partial charge in [0.2, 0.25) is 0 Å². The zero-order chi connectivity index (χ0) is 49.8. The molecule has 74 heavy (non-hydrogen) atoms. The monoisotopic (exact) mass is 954 g/mol. The molecule has 0 spiro atoms. The van der Waals surface area contributed by atoms with E-state index in [1.165, 1.54) is 128 Å². The summed E-state index contributed by atoms with van der Waals surface area (Å²) in [5.41, 5.74) is 26.7. The number of hydrogen-bond acceptors (Lipinski definition) is 1. The predicted octanol–water partition coefficient (Wildman–Crippen LogP) is 18.8. The molecular formula is C72H62N2. The Hall–Kier alpha value is -7.55. The highest BCUT2D eigenvalue weighted by Gasteiger charge is 2.45. The molecule has 360 valence electrons. The quantitative estimate of drug-likeness (QED) is 0.157. The van der Waals surface area contributed by atoms with Crippen LogP contribution in [0.2, 0.25) is 0 Å². The summed E-state index contributed by atoms with van der Waals surface area (Å²) in [6, 6.07) is 46.0. The van der Waals surface area contributed by atoms with Gasteiger partial charge < -0.3 is 0 Å². The van der Waals surface area contributed by atoms with Gasteiger partial charge in [-0.1, -0.05) is 187 Å². The van der Waals surface area contributed by atoms with Crippen LogP contribution in [0.15, 0.2) is 182 Å². The molecule has 0 bridgehead atoms. The summed E-state index contributed by atoms with van der Waals surface area (Å²) in [7, 11) is 0. The number of hydrogen-bond donors (Lipinski definition) is 0. The fraction of sp³-hybridized carbons (Fsp3) is 0.236. The van der Waals surface area contributed by atoms with E-state index >= 15 is 0 Å². The standard InChI is InChI=1S/C72H62N2/c1-70(2)59-23-13-10-20-49(59)52-35-33-46(39-62(52)70)67-54-37-32-45(43-28-30-44(31-29-43)69-73-65-26-16-17-27-66(65)74(69)48-18-8-7-9-19-48)38-56(54)68(47-34-36-53-50-21-11-14-24-60(50)71(3,4)63(53)40-47)58-42-64-55(41-57(58)67)51-22-12-15-25-61(51)72(64,5)6/h7-8,10-11,13-15,17-18,20-21,23-25,27-42,50,60H,9,12,16,19,22,26H2,1-6H3. The molecule has 1 heterocycles. The number of fused-ring (bicyclic) bond motifs is 11. The molecule has 0 saturated carbocycles. The highest BCUT2D eigenvalue weighted by molar-refractivity contribution is 6.23. The van der Waals surface area contributed by atoms with Crippen LogP contribution in [-0.2, 0) is 22.7 Å². The number of rotatable bonds is 5. The van der Waals surface area contributed by atoms with E-state index in [1.807, 2.05) is 0 Å². The van der Waals surface area contributed by atoms with E-state index in [-0.39, 0.29) is 16.2 Å². The molecule has 0 aliphatic heterocycles. The second-order valence-corrected chi connectivity index (χ2v) is 23.9. The lowest BCUT2D eigenvalue weighted by molar-refractivity contribution is 0.394. The van der Waals surface area contributed by atoms with Crippen LogP contribution < -0.4 is 0 Å². The Morgan fingerprint density at radius 1 is 0.500 bits per heavy atom. The van der Waals surface area contributed by atoms with Crippen molar-refractivity contribution in [1.29, 1.82) is 0 Å². The number of aryl methyl sites for hydroxylation is 1. The molecule has 2 unspecified atom stereocenters. The van der Waals surface area contributed by atoms with Gasteiger partial charge >= 0.3 is 0 Å². The third kappa shape index (κ3) is 6.15. The molecule has 0 fully saturated rings. The van der Waals surface area contributed by atoms with Crippen molar-refractivity contribution in [3.05, 3.63) is 226 Å². The average Bonchev–Trinajstić information content (AvgIpc) is 4.16. The van der Waals surface area contributed by atoms with Gasteiger partial charge in [0.15, 0.2) is 0 Å². The van der Waals surface area contributed by atoms with Crippen LogP contribution in [0, 0.1) is 5.92 Å². The summed E-state index contributed by atoms with van der Waals surface area (Å²) in [5.74, 6) is 1.87. The first-order valence-electron chi connectivity index (χ1n) is 27.4. The second-order valence-electron chi connectivity index (χ2n) is 23.9. The van der Waals surface area contributed by atoms with Crippen LogP contribution in [0.25, 0.3) is 94.8 Å². The Labute approximate surface area is 436 Å². The first-order chi connectivity index (χ1) is 36.0. The molecule has 8 aromatic rings. The minimum absolute atomic E-state index is 0.0163. The first kappa shape index (κ1) is 44.0. The van der Waals surface area contributed by atoms with Gasteiger partial charge in [0.05, 0.1) is 11.4 Å². The molecule has 2 atom stereocenters. The first-order valence-corrected chi connectivity index (χ1v) is 27.4. The van der Waals surface area contributed by atoms with Crippen LogP contribution in [0.1, 0.15) is 124 Å². The highest BCUT2D eigenvalue weighted by Crippen LogP contribution is 2.58. The molecule has 1 aromatic heterocycles. The maximum Gasteiger partial charge on any atom is 0.145 e. The largest absolute Gasteiger partial charge is 0.296 e. The van der Waals surface area contributed by atoms with Gasteiger partial charge in [-0.3, -0.25) is 4.57 Å². The third-order valence-electron chi connectivity index (χ3n) is 18.9. The summed E-state index contributed by atoms with van der Waals surface area (Å²) < 4.78 is 2.43. The van der Waals surface area contributed by atoms with Crippen molar-refractivity contribution >= 4 is 38.9 Å². The molecular weight excluding hydrogens is 893 g/mol. The van der Waals surface area contributed by atoms with Crippen LogP contribution >= 0.6 is 0 Å². The van der Waals surface area contributed by atoms with Crippen LogP contribution in [-0.4, -0.2) is 9.55 Å².